The maximum atomic E-state index is 3.94. The van der Waals surface area contributed by atoms with Crippen LogP contribution in [0.4, 0.5) is 0 Å². The molecule has 0 aliphatic heterocycles. The van der Waals surface area contributed by atoms with E-state index in [1.165, 1.54) is 29.9 Å². The minimum atomic E-state index is 0.777. The van der Waals surface area contributed by atoms with Crippen molar-refractivity contribution in [1.29, 1.82) is 0 Å². The van der Waals surface area contributed by atoms with E-state index in [0.29, 0.717) is 0 Å². The highest BCUT2D eigenvalue weighted by atomic mass is 32.2. The van der Waals surface area contributed by atoms with Crippen LogP contribution in [0, 0.1) is 5.92 Å². The Kier molecular flexibility index (Phi) is 3.78. The Labute approximate surface area is 73.8 Å². The second-order valence-electron chi connectivity index (χ2n) is 3.06. The average Bonchev–Trinajstić information content (AvgIpc) is 2.37. The van der Waals surface area contributed by atoms with Gasteiger partial charge in [-0.3, -0.25) is 0 Å². The van der Waals surface area contributed by atoms with E-state index in [0.717, 1.165) is 5.92 Å². The first-order chi connectivity index (χ1) is 5.33. The van der Waals surface area contributed by atoms with Gasteiger partial charge in [-0.25, -0.2) is 0 Å². The molecule has 0 spiro atoms. The molecule has 0 radical (unpaired) electrons. The largest absolute Gasteiger partial charge is 0.161 e. The van der Waals surface area contributed by atoms with Crippen LogP contribution in [0.5, 0.6) is 0 Å². The molecule has 1 atom stereocenters. The fraction of sp³-hybridized carbons (Fsp3) is 0.600. The summed E-state index contributed by atoms with van der Waals surface area (Å²) < 4.78 is 0. The lowest BCUT2D eigenvalue weighted by Gasteiger charge is -2.05. The molecule has 1 aliphatic rings. The van der Waals surface area contributed by atoms with E-state index in [2.05, 4.69) is 37.4 Å². The Morgan fingerprint density at radius 1 is 1.73 bits per heavy atom. The Balaban J connectivity index is 2.09. The summed E-state index contributed by atoms with van der Waals surface area (Å²) in [4.78, 5) is 0. The summed E-state index contributed by atoms with van der Waals surface area (Å²) >= 11 is 2.06. The van der Waals surface area contributed by atoms with Crippen LogP contribution in [0.3, 0.4) is 0 Å². The summed E-state index contributed by atoms with van der Waals surface area (Å²) in [5.74, 6) is 3.36. The Hall–Kier alpha value is -0.170. The van der Waals surface area contributed by atoms with E-state index >= 15 is 0 Å². The zero-order valence-electron chi connectivity index (χ0n) is 7.18. The molecule has 0 unspecified atom stereocenters. The molecule has 0 saturated heterocycles. The minimum absolute atomic E-state index is 0.777. The van der Waals surface area contributed by atoms with Crippen molar-refractivity contribution in [2.24, 2.45) is 5.92 Å². The summed E-state index contributed by atoms with van der Waals surface area (Å²) in [5, 5.41) is 0. The molecule has 0 amide bonds. The monoisotopic (exact) mass is 168 g/mol. The van der Waals surface area contributed by atoms with Gasteiger partial charge in [0.05, 0.1) is 0 Å². The van der Waals surface area contributed by atoms with Crippen LogP contribution >= 0.6 is 11.8 Å². The van der Waals surface area contributed by atoms with Gasteiger partial charge >= 0.3 is 0 Å². The number of allylic oxidation sites excluding steroid dienone is 3. The number of hydrogen-bond donors (Lipinski definition) is 0. The quantitative estimate of drug-likeness (QED) is 0.581. The van der Waals surface area contributed by atoms with Crippen molar-refractivity contribution in [3.8, 4) is 0 Å². The van der Waals surface area contributed by atoms with Crippen LogP contribution in [-0.2, 0) is 0 Å². The highest BCUT2D eigenvalue weighted by Crippen LogP contribution is 2.24. The third-order valence-electron chi connectivity index (χ3n) is 1.81. The van der Waals surface area contributed by atoms with E-state index in [-0.39, 0.29) is 0 Å². The van der Waals surface area contributed by atoms with Crippen LogP contribution in [0.2, 0.25) is 0 Å². The van der Waals surface area contributed by atoms with Crippen molar-refractivity contribution in [2.45, 2.75) is 19.8 Å². The van der Waals surface area contributed by atoms with Gasteiger partial charge in [0.2, 0.25) is 0 Å². The molecule has 0 bridgehead atoms. The van der Waals surface area contributed by atoms with Crippen LogP contribution < -0.4 is 0 Å². The van der Waals surface area contributed by atoms with Crippen LogP contribution in [0.15, 0.2) is 24.3 Å². The van der Waals surface area contributed by atoms with Gasteiger partial charge in [0, 0.05) is 0 Å². The van der Waals surface area contributed by atoms with Crippen LogP contribution in [-0.4, -0.2) is 11.5 Å². The molecule has 0 aromatic carbocycles. The Bertz CT molecular complexity index is 158. The standard InChI is InChI=1S/C10H16S/c1-3-6-11-8-10-5-4-9(2)7-10/h4-5,10H,2-3,6-8H2,1H3/t10-/m1/s1. The molecule has 0 aromatic rings. The van der Waals surface area contributed by atoms with Crippen LogP contribution in [0.25, 0.3) is 0 Å². The minimum Gasteiger partial charge on any atom is -0.161 e. The maximum Gasteiger partial charge on any atom is -0.000116 e. The first-order valence-electron chi connectivity index (χ1n) is 4.26. The van der Waals surface area contributed by atoms with Crippen molar-refractivity contribution >= 4 is 11.8 Å². The van der Waals surface area contributed by atoms with Crippen molar-refractivity contribution in [3.63, 3.8) is 0 Å². The number of thioether (sulfide) groups is 1. The zero-order chi connectivity index (χ0) is 8.10. The molecule has 1 rings (SSSR count). The molecule has 62 valence electrons. The second-order valence-corrected chi connectivity index (χ2v) is 4.21. The van der Waals surface area contributed by atoms with E-state index in [9.17, 15) is 0 Å². The van der Waals surface area contributed by atoms with Gasteiger partial charge in [0.15, 0.2) is 0 Å². The van der Waals surface area contributed by atoms with Gasteiger partial charge in [0.25, 0.3) is 0 Å². The molecule has 0 fully saturated rings. The topological polar surface area (TPSA) is 0 Å². The number of rotatable bonds is 4. The highest BCUT2D eigenvalue weighted by molar-refractivity contribution is 7.99. The van der Waals surface area contributed by atoms with Gasteiger partial charge in [-0.1, -0.05) is 31.2 Å². The van der Waals surface area contributed by atoms with Crippen molar-refractivity contribution < 1.29 is 0 Å². The predicted molar refractivity (Wildman–Crippen MR) is 54.0 cm³/mol. The summed E-state index contributed by atoms with van der Waals surface area (Å²) in [6, 6.07) is 0. The van der Waals surface area contributed by atoms with Gasteiger partial charge in [-0.2, -0.15) is 11.8 Å². The first-order valence-corrected chi connectivity index (χ1v) is 5.42. The lowest BCUT2D eigenvalue weighted by molar-refractivity contribution is 0.772. The zero-order valence-corrected chi connectivity index (χ0v) is 7.99. The molecule has 1 aliphatic carbocycles. The summed E-state index contributed by atoms with van der Waals surface area (Å²) in [7, 11) is 0. The Morgan fingerprint density at radius 2 is 2.55 bits per heavy atom. The summed E-state index contributed by atoms with van der Waals surface area (Å²) in [5.41, 5.74) is 1.30. The second kappa shape index (κ2) is 4.66. The third-order valence-corrected chi connectivity index (χ3v) is 3.17. The molecule has 0 saturated carbocycles. The van der Waals surface area contributed by atoms with E-state index < -0.39 is 0 Å². The SMILES string of the molecule is C=C1C=C[C@@H](CSCCC)C1. The molecule has 11 heavy (non-hydrogen) atoms. The van der Waals surface area contributed by atoms with Gasteiger partial charge in [-0.15, -0.1) is 0 Å². The third kappa shape index (κ3) is 3.15. The fourth-order valence-corrected chi connectivity index (χ4v) is 2.23. The smallest absolute Gasteiger partial charge is 0.000116 e. The van der Waals surface area contributed by atoms with Gasteiger partial charge in [0.1, 0.15) is 0 Å². The molecule has 0 nitrogen and oxygen atoms in total. The number of hydrogen-bond acceptors (Lipinski definition) is 1. The fourth-order valence-electron chi connectivity index (χ4n) is 1.24. The predicted octanol–water partition coefficient (Wildman–Crippen LogP) is 3.26. The lowest BCUT2D eigenvalue weighted by atomic mass is 10.1. The molecule has 1 heteroatoms. The highest BCUT2D eigenvalue weighted by Gasteiger charge is 2.10. The van der Waals surface area contributed by atoms with Crippen molar-refractivity contribution in [3.05, 3.63) is 24.3 Å². The van der Waals surface area contributed by atoms with E-state index in [1.807, 2.05) is 0 Å². The average molecular weight is 168 g/mol. The normalized spacial score (nSPS) is 23.0. The lowest BCUT2D eigenvalue weighted by Crippen LogP contribution is -1.96. The van der Waals surface area contributed by atoms with Gasteiger partial charge < -0.3 is 0 Å². The molecular weight excluding hydrogens is 152 g/mol. The summed E-state index contributed by atoms with van der Waals surface area (Å²) in [6.07, 6.45) is 6.95. The molecular formula is C10H16S. The van der Waals surface area contributed by atoms with Gasteiger partial charge in [-0.05, 0) is 30.3 Å². The molecule has 0 aromatic heterocycles. The summed E-state index contributed by atoms with van der Waals surface area (Å²) in [6.45, 7) is 6.17. The molecule has 0 heterocycles. The maximum absolute atomic E-state index is 3.94. The van der Waals surface area contributed by atoms with E-state index in [1.54, 1.807) is 0 Å². The molecule has 0 N–H and O–H groups in total. The van der Waals surface area contributed by atoms with Crippen molar-refractivity contribution in [2.75, 3.05) is 11.5 Å². The van der Waals surface area contributed by atoms with E-state index in [4.69, 9.17) is 0 Å². The van der Waals surface area contributed by atoms with Crippen LogP contribution in [0.1, 0.15) is 19.8 Å². The Morgan fingerprint density at radius 3 is 3.09 bits per heavy atom. The van der Waals surface area contributed by atoms with Crippen molar-refractivity contribution in [1.82, 2.24) is 0 Å². The first kappa shape index (κ1) is 8.92.